The van der Waals surface area contributed by atoms with Crippen LogP contribution in [-0.4, -0.2) is 32.3 Å². The zero-order valence-electron chi connectivity index (χ0n) is 13.4. The topological polar surface area (TPSA) is 64.2 Å². The van der Waals surface area contributed by atoms with Crippen LogP contribution in [0.25, 0.3) is 0 Å². The zero-order valence-corrected chi connectivity index (χ0v) is 13.4. The molecule has 1 amide bonds. The molecule has 2 aromatic heterocycles. The summed E-state index contributed by atoms with van der Waals surface area (Å²) in [5.74, 6) is 0.818. The molecule has 0 radical (unpaired) electrons. The largest absolute Gasteiger partial charge is 0.359 e. The Hall–Kier alpha value is -2.11. The van der Waals surface area contributed by atoms with Crippen molar-refractivity contribution in [2.45, 2.75) is 52.6 Å². The number of carbonyl (C=O) groups is 1. The molecular formula is C16H22N4O2. The Balaban J connectivity index is 1.84. The van der Waals surface area contributed by atoms with Crippen LogP contribution >= 0.6 is 0 Å². The molecule has 0 N–H and O–H groups in total. The fourth-order valence-corrected chi connectivity index (χ4v) is 3.09. The van der Waals surface area contributed by atoms with Crippen LogP contribution in [0.3, 0.4) is 0 Å². The number of hydrogen-bond donors (Lipinski definition) is 0. The highest BCUT2D eigenvalue weighted by Gasteiger charge is 2.34. The van der Waals surface area contributed by atoms with Gasteiger partial charge in [0.2, 0.25) is 0 Å². The highest BCUT2D eigenvalue weighted by molar-refractivity contribution is 5.95. The summed E-state index contributed by atoms with van der Waals surface area (Å²) in [7, 11) is 0. The lowest BCUT2D eigenvalue weighted by Crippen LogP contribution is -2.30. The van der Waals surface area contributed by atoms with Gasteiger partial charge in [-0.3, -0.25) is 9.48 Å². The van der Waals surface area contributed by atoms with E-state index in [4.69, 9.17) is 4.52 Å². The molecule has 0 bridgehead atoms. The first kappa shape index (κ1) is 14.8. The predicted octanol–water partition coefficient (Wildman–Crippen LogP) is 2.88. The molecule has 1 saturated heterocycles. The Morgan fingerprint density at radius 2 is 2.27 bits per heavy atom. The van der Waals surface area contributed by atoms with E-state index >= 15 is 0 Å². The van der Waals surface area contributed by atoms with Gasteiger partial charge in [0.25, 0.3) is 5.91 Å². The summed E-state index contributed by atoms with van der Waals surface area (Å²) < 4.78 is 7.27. The SMILES string of the molecule is CCCn1ncc(C(=O)N2CCCC2c2cc(C)no2)c1C. The fourth-order valence-electron chi connectivity index (χ4n) is 3.09. The van der Waals surface area contributed by atoms with Crippen molar-refractivity contribution in [3.05, 3.63) is 35.0 Å². The average molecular weight is 302 g/mol. The maximum Gasteiger partial charge on any atom is 0.257 e. The van der Waals surface area contributed by atoms with Crippen LogP contribution in [0.4, 0.5) is 0 Å². The molecule has 2 aromatic rings. The van der Waals surface area contributed by atoms with E-state index < -0.39 is 0 Å². The molecule has 0 spiro atoms. The van der Waals surface area contributed by atoms with E-state index in [1.165, 1.54) is 0 Å². The molecule has 1 aliphatic heterocycles. The maximum absolute atomic E-state index is 12.9. The van der Waals surface area contributed by atoms with Crippen LogP contribution in [0.5, 0.6) is 0 Å². The minimum atomic E-state index is -0.0115. The fraction of sp³-hybridized carbons (Fsp3) is 0.562. The van der Waals surface area contributed by atoms with Crippen molar-refractivity contribution in [2.75, 3.05) is 6.54 Å². The Morgan fingerprint density at radius 3 is 2.95 bits per heavy atom. The van der Waals surface area contributed by atoms with E-state index in [0.29, 0.717) is 5.56 Å². The van der Waals surface area contributed by atoms with Crippen molar-refractivity contribution in [2.24, 2.45) is 0 Å². The molecule has 1 unspecified atom stereocenters. The molecule has 1 aliphatic rings. The number of aromatic nitrogens is 3. The van der Waals surface area contributed by atoms with Gasteiger partial charge in [-0.2, -0.15) is 5.10 Å². The quantitative estimate of drug-likeness (QED) is 0.871. The number of carbonyl (C=O) groups excluding carboxylic acids is 1. The van der Waals surface area contributed by atoms with Gasteiger partial charge in [-0.25, -0.2) is 0 Å². The van der Waals surface area contributed by atoms with Gasteiger partial charge in [-0.05, 0) is 33.1 Å². The minimum absolute atomic E-state index is 0.0115. The predicted molar refractivity (Wildman–Crippen MR) is 81.5 cm³/mol. The van der Waals surface area contributed by atoms with Crippen LogP contribution in [-0.2, 0) is 6.54 Å². The van der Waals surface area contributed by atoms with Crippen molar-refractivity contribution in [1.82, 2.24) is 19.8 Å². The number of hydrogen-bond acceptors (Lipinski definition) is 4. The van der Waals surface area contributed by atoms with Crippen molar-refractivity contribution < 1.29 is 9.32 Å². The van der Waals surface area contributed by atoms with Crippen LogP contribution in [0.2, 0.25) is 0 Å². The maximum atomic E-state index is 12.9. The molecule has 0 saturated carbocycles. The van der Waals surface area contributed by atoms with Crippen molar-refractivity contribution in [3.63, 3.8) is 0 Å². The van der Waals surface area contributed by atoms with Gasteiger partial charge >= 0.3 is 0 Å². The number of rotatable bonds is 4. The second-order valence-corrected chi connectivity index (χ2v) is 5.89. The first-order valence-electron chi connectivity index (χ1n) is 7.88. The van der Waals surface area contributed by atoms with Gasteiger partial charge in [-0.15, -0.1) is 0 Å². The third-order valence-electron chi connectivity index (χ3n) is 4.26. The Morgan fingerprint density at radius 1 is 1.45 bits per heavy atom. The molecular weight excluding hydrogens is 280 g/mol. The zero-order chi connectivity index (χ0) is 15.7. The summed E-state index contributed by atoms with van der Waals surface area (Å²) in [6.45, 7) is 7.55. The van der Waals surface area contributed by atoms with Gasteiger partial charge in [-0.1, -0.05) is 12.1 Å². The Kier molecular flexibility index (Phi) is 4.00. The van der Waals surface area contributed by atoms with E-state index in [0.717, 1.165) is 49.5 Å². The normalized spacial score (nSPS) is 18.1. The second-order valence-electron chi connectivity index (χ2n) is 5.89. The third kappa shape index (κ3) is 2.53. The van der Waals surface area contributed by atoms with Crippen molar-refractivity contribution in [1.29, 1.82) is 0 Å². The Bertz CT molecular complexity index is 673. The summed E-state index contributed by atoms with van der Waals surface area (Å²) in [5, 5.41) is 8.28. The van der Waals surface area contributed by atoms with Crippen molar-refractivity contribution >= 4 is 5.91 Å². The summed E-state index contributed by atoms with van der Waals surface area (Å²) >= 11 is 0. The first-order chi connectivity index (χ1) is 10.6. The van der Waals surface area contributed by atoms with Gasteiger partial charge in [0, 0.05) is 24.8 Å². The minimum Gasteiger partial charge on any atom is -0.359 e. The lowest BCUT2D eigenvalue weighted by atomic mass is 10.1. The lowest BCUT2D eigenvalue weighted by molar-refractivity contribution is 0.0713. The van der Waals surface area contributed by atoms with Crippen LogP contribution in [0, 0.1) is 13.8 Å². The molecule has 3 rings (SSSR count). The van der Waals surface area contributed by atoms with Crippen LogP contribution in [0.1, 0.15) is 59.7 Å². The lowest BCUT2D eigenvalue weighted by Gasteiger charge is -2.22. The molecule has 3 heterocycles. The standard InChI is InChI=1S/C16H22N4O2/c1-4-7-20-12(3)13(10-17-20)16(21)19-8-5-6-14(19)15-9-11(2)18-22-15/h9-10,14H,4-8H2,1-3H3. The number of nitrogens with zero attached hydrogens (tertiary/aromatic N) is 4. The van der Waals surface area contributed by atoms with Gasteiger partial charge in [0.1, 0.15) is 0 Å². The van der Waals surface area contributed by atoms with E-state index in [-0.39, 0.29) is 11.9 Å². The first-order valence-corrected chi connectivity index (χ1v) is 7.88. The molecule has 0 aromatic carbocycles. The number of aryl methyl sites for hydroxylation is 2. The summed E-state index contributed by atoms with van der Waals surface area (Å²) in [5.41, 5.74) is 2.48. The van der Waals surface area contributed by atoms with E-state index in [2.05, 4.69) is 17.2 Å². The van der Waals surface area contributed by atoms with E-state index in [9.17, 15) is 4.79 Å². The smallest absolute Gasteiger partial charge is 0.257 e. The molecule has 6 heteroatoms. The number of likely N-dealkylation sites (tertiary alicyclic amines) is 1. The van der Waals surface area contributed by atoms with Gasteiger partial charge in [0.15, 0.2) is 5.76 Å². The van der Waals surface area contributed by atoms with E-state index in [1.54, 1.807) is 6.20 Å². The second kappa shape index (κ2) is 5.94. The molecule has 1 atom stereocenters. The molecule has 1 fully saturated rings. The van der Waals surface area contributed by atoms with Crippen LogP contribution < -0.4 is 0 Å². The van der Waals surface area contributed by atoms with Gasteiger partial charge in [0.05, 0.1) is 23.5 Å². The summed E-state index contributed by atoms with van der Waals surface area (Å²) in [6.07, 6.45) is 4.59. The third-order valence-corrected chi connectivity index (χ3v) is 4.26. The highest BCUT2D eigenvalue weighted by Crippen LogP contribution is 2.33. The summed E-state index contributed by atoms with van der Waals surface area (Å²) in [4.78, 5) is 14.8. The summed E-state index contributed by atoms with van der Waals surface area (Å²) in [6, 6.07) is 1.91. The molecule has 118 valence electrons. The van der Waals surface area contributed by atoms with Crippen molar-refractivity contribution in [3.8, 4) is 0 Å². The van der Waals surface area contributed by atoms with Crippen LogP contribution in [0.15, 0.2) is 16.8 Å². The average Bonchev–Trinajstić information content (AvgIpc) is 3.20. The number of amides is 1. The molecule has 22 heavy (non-hydrogen) atoms. The molecule has 0 aliphatic carbocycles. The molecule has 6 nitrogen and oxygen atoms in total. The van der Waals surface area contributed by atoms with E-state index in [1.807, 2.05) is 29.5 Å². The Labute approximate surface area is 130 Å². The highest BCUT2D eigenvalue weighted by atomic mass is 16.5. The van der Waals surface area contributed by atoms with Gasteiger partial charge < -0.3 is 9.42 Å². The monoisotopic (exact) mass is 302 g/mol.